The molecule has 0 amide bonds. The number of nitrogens with zero attached hydrogens (tertiary/aromatic N) is 1. The lowest BCUT2D eigenvalue weighted by molar-refractivity contribution is 1.28. The highest BCUT2D eigenvalue weighted by atomic mass is 15.1. The summed E-state index contributed by atoms with van der Waals surface area (Å²) in [5.41, 5.74) is 13.0. The number of anilines is 3. The van der Waals surface area contributed by atoms with Crippen molar-refractivity contribution in [1.29, 1.82) is 0 Å². The van der Waals surface area contributed by atoms with Gasteiger partial charge in [0.25, 0.3) is 0 Å². The van der Waals surface area contributed by atoms with E-state index >= 15 is 0 Å². The Bertz CT molecular complexity index is 3110. The van der Waals surface area contributed by atoms with Crippen LogP contribution >= 0.6 is 0 Å². The van der Waals surface area contributed by atoms with Gasteiger partial charge >= 0.3 is 0 Å². The Balaban J connectivity index is 0.992. The molecule has 11 rings (SSSR count). The molecule has 0 atom stereocenters. The molecule has 0 aliphatic heterocycles. The van der Waals surface area contributed by atoms with Crippen molar-refractivity contribution < 1.29 is 0 Å². The smallest absolute Gasteiger partial charge is 0.0462 e. The molecule has 0 unspecified atom stereocenters. The van der Waals surface area contributed by atoms with Crippen LogP contribution in [-0.2, 0) is 0 Å². The van der Waals surface area contributed by atoms with Crippen molar-refractivity contribution >= 4 is 60.2 Å². The number of fused-ring (bicyclic) bond motifs is 6. The highest BCUT2D eigenvalue weighted by Crippen LogP contribution is 2.41. The molecule has 0 aliphatic rings. The van der Waals surface area contributed by atoms with Crippen molar-refractivity contribution in [3.05, 3.63) is 237 Å². The molecule has 0 aliphatic carbocycles. The Labute approximate surface area is 344 Å². The first-order valence-corrected chi connectivity index (χ1v) is 20.3. The molecule has 0 saturated carbocycles. The fourth-order valence-electron chi connectivity index (χ4n) is 8.90. The molecule has 1 nitrogen and oxygen atoms in total. The summed E-state index contributed by atoms with van der Waals surface area (Å²) in [4.78, 5) is 2.37. The van der Waals surface area contributed by atoms with Gasteiger partial charge in [0, 0.05) is 17.1 Å². The number of rotatable bonds is 7. The topological polar surface area (TPSA) is 3.24 Å². The van der Waals surface area contributed by atoms with Crippen LogP contribution in [-0.4, -0.2) is 0 Å². The van der Waals surface area contributed by atoms with Crippen LogP contribution < -0.4 is 4.90 Å². The molecule has 0 spiro atoms. The number of hydrogen-bond donors (Lipinski definition) is 0. The zero-order valence-electron chi connectivity index (χ0n) is 32.5. The third-order valence-corrected chi connectivity index (χ3v) is 11.9. The number of benzene rings is 11. The SMILES string of the molecule is c1ccc(-c2ccc(-c3ccc(N(c4ccc(-c5cc6ccccc6c6ccccc56)cc4)c4ccc(-c5cc6ccccc6c6ccccc56)cc4)cc3)cc2)cc1. The van der Waals surface area contributed by atoms with Gasteiger partial charge in [0.15, 0.2) is 0 Å². The van der Waals surface area contributed by atoms with E-state index < -0.39 is 0 Å². The Kier molecular flexibility index (Phi) is 8.56. The minimum absolute atomic E-state index is 1.10. The van der Waals surface area contributed by atoms with E-state index in [1.165, 1.54) is 87.6 Å². The maximum Gasteiger partial charge on any atom is 0.0462 e. The van der Waals surface area contributed by atoms with Crippen molar-refractivity contribution in [2.45, 2.75) is 0 Å². The van der Waals surface area contributed by atoms with Gasteiger partial charge in [0.05, 0.1) is 0 Å². The highest BCUT2D eigenvalue weighted by Gasteiger charge is 2.16. The molecule has 276 valence electrons. The molecular weight excluding hydrogens is 711 g/mol. The molecule has 0 radical (unpaired) electrons. The minimum atomic E-state index is 1.10. The van der Waals surface area contributed by atoms with Gasteiger partial charge in [0.1, 0.15) is 0 Å². The predicted molar refractivity (Wildman–Crippen MR) is 253 cm³/mol. The molecular formula is C58H39N. The van der Waals surface area contributed by atoms with Crippen LogP contribution in [0.2, 0.25) is 0 Å². The van der Waals surface area contributed by atoms with E-state index in [1.54, 1.807) is 0 Å². The van der Waals surface area contributed by atoms with E-state index in [4.69, 9.17) is 0 Å². The summed E-state index contributed by atoms with van der Waals surface area (Å²) in [6.45, 7) is 0. The lowest BCUT2D eigenvalue weighted by atomic mass is 9.93. The summed E-state index contributed by atoms with van der Waals surface area (Å²) in [5, 5.41) is 10.2. The third-order valence-electron chi connectivity index (χ3n) is 11.9. The molecule has 0 N–H and O–H groups in total. The van der Waals surface area contributed by atoms with Crippen LogP contribution in [0.15, 0.2) is 237 Å². The second kappa shape index (κ2) is 14.6. The zero-order chi connectivity index (χ0) is 39.1. The van der Waals surface area contributed by atoms with Gasteiger partial charge in [-0.05, 0) is 136 Å². The minimum Gasteiger partial charge on any atom is -0.311 e. The lowest BCUT2D eigenvalue weighted by Gasteiger charge is -2.26. The quantitative estimate of drug-likeness (QED) is 0.147. The maximum absolute atomic E-state index is 2.37. The van der Waals surface area contributed by atoms with Gasteiger partial charge in [-0.1, -0.05) is 188 Å². The zero-order valence-corrected chi connectivity index (χ0v) is 32.5. The summed E-state index contributed by atoms with van der Waals surface area (Å²) in [6.07, 6.45) is 0. The standard InChI is InChI=1S/C58H39N/c1-2-12-40(13-3-1)41-22-24-42(25-23-41)43-26-32-48(33-27-43)59(49-34-28-44(29-35-49)57-38-46-14-4-6-16-51(46)53-18-8-10-20-55(53)57)50-36-30-45(31-37-50)58-39-47-15-5-7-17-52(47)54-19-9-11-21-56(54)58/h1-39H. The molecule has 59 heavy (non-hydrogen) atoms. The Morgan fingerprint density at radius 1 is 0.203 bits per heavy atom. The second-order valence-electron chi connectivity index (χ2n) is 15.3. The van der Waals surface area contributed by atoms with Crippen LogP contribution in [0.4, 0.5) is 17.1 Å². The van der Waals surface area contributed by atoms with Crippen LogP contribution in [0.1, 0.15) is 0 Å². The fourth-order valence-corrected chi connectivity index (χ4v) is 8.90. The third kappa shape index (κ3) is 6.30. The van der Waals surface area contributed by atoms with Crippen molar-refractivity contribution in [2.24, 2.45) is 0 Å². The van der Waals surface area contributed by atoms with Gasteiger partial charge < -0.3 is 4.90 Å². The Morgan fingerprint density at radius 2 is 0.492 bits per heavy atom. The Hall–Kier alpha value is -7.74. The summed E-state index contributed by atoms with van der Waals surface area (Å²) in [6, 6.07) is 86.1. The van der Waals surface area contributed by atoms with Gasteiger partial charge in [-0.15, -0.1) is 0 Å². The van der Waals surface area contributed by atoms with Crippen LogP contribution in [0, 0.1) is 0 Å². The molecule has 0 bridgehead atoms. The van der Waals surface area contributed by atoms with Crippen LogP contribution in [0.25, 0.3) is 87.6 Å². The maximum atomic E-state index is 2.37. The molecule has 0 heterocycles. The van der Waals surface area contributed by atoms with Crippen LogP contribution in [0.3, 0.4) is 0 Å². The van der Waals surface area contributed by atoms with Crippen molar-refractivity contribution in [3.8, 4) is 44.5 Å². The van der Waals surface area contributed by atoms with E-state index in [2.05, 4.69) is 241 Å². The largest absolute Gasteiger partial charge is 0.311 e. The average Bonchev–Trinajstić information content (AvgIpc) is 3.32. The summed E-state index contributed by atoms with van der Waals surface area (Å²) in [7, 11) is 0. The van der Waals surface area contributed by atoms with Crippen molar-refractivity contribution in [3.63, 3.8) is 0 Å². The van der Waals surface area contributed by atoms with Crippen molar-refractivity contribution in [2.75, 3.05) is 4.90 Å². The van der Waals surface area contributed by atoms with E-state index in [0.29, 0.717) is 0 Å². The summed E-state index contributed by atoms with van der Waals surface area (Å²) >= 11 is 0. The molecule has 0 saturated heterocycles. The normalized spacial score (nSPS) is 11.4. The van der Waals surface area contributed by atoms with Gasteiger partial charge in [-0.2, -0.15) is 0 Å². The molecule has 11 aromatic rings. The highest BCUT2D eigenvalue weighted by molar-refractivity contribution is 6.15. The monoisotopic (exact) mass is 749 g/mol. The van der Waals surface area contributed by atoms with Crippen molar-refractivity contribution in [1.82, 2.24) is 0 Å². The van der Waals surface area contributed by atoms with E-state index in [0.717, 1.165) is 17.1 Å². The van der Waals surface area contributed by atoms with Gasteiger partial charge in [-0.25, -0.2) is 0 Å². The lowest BCUT2D eigenvalue weighted by Crippen LogP contribution is -2.09. The first kappa shape index (κ1) is 34.5. The number of hydrogen-bond acceptors (Lipinski definition) is 1. The molecule has 0 fully saturated rings. The van der Waals surface area contributed by atoms with Gasteiger partial charge in [-0.3, -0.25) is 0 Å². The second-order valence-corrected chi connectivity index (χ2v) is 15.3. The fraction of sp³-hybridized carbons (Fsp3) is 0. The summed E-state index contributed by atoms with van der Waals surface area (Å²) in [5.74, 6) is 0. The van der Waals surface area contributed by atoms with E-state index in [1.807, 2.05) is 0 Å². The van der Waals surface area contributed by atoms with Crippen LogP contribution in [0.5, 0.6) is 0 Å². The average molecular weight is 750 g/mol. The summed E-state index contributed by atoms with van der Waals surface area (Å²) < 4.78 is 0. The first-order chi connectivity index (χ1) is 29.2. The van der Waals surface area contributed by atoms with Gasteiger partial charge in [0.2, 0.25) is 0 Å². The molecule has 11 aromatic carbocycles. The predicted octanol–water partition coefficient (Wildman–Crippen LogP) is 16.4. The first-order valence-electron chi connectivity index (χ1n) is 20.3. The van der Waals surface area contributed by atoms with E-state index in [9.17, 15) is 0 Å². The Morgan fingerprint density at radius 3 is 0.898 bits per heavy atom. The molecule has 1 heteroatoms. The molecule has 0 aromatic heterocycles. The van der Waals surface area contributed by atoms with E-state index in [-0.39, 0.29) is 0 Å².